The van der Waals surface area contributed by atoms with Gasteiger partial charge in [-0.1, -0.05) is 25.0 Å². The van der Waals surface area contributed by atoms with Gasteiger partial charge in [-0.25, -0.2) is 4.39 Å². The fourth-order valence-electron chi connectivity index (χ4n) is 2.43. The van der Waals surface area contributed by atoms with Gasteiger partial charge in [-0.3, -0.25) is 4.90 Å². The number of phenolic OH excluding ortho intramolecular Hbond substituents is 1. The zero-order valence-electron chi connectivity index (χ0n) is 9.62. The Bertz CT molecular complexity index is 361. The summed E-state index contributed by atoms with van der Waals surface area (Å²) in [6, 6.07) is 5.30. The van der Waals surface area contributed by atoms with Crippen molar-refractivity contribution in [3.8, 4) is 5.75 Å². The van der Waals surface area contributed by atoms with Crippen LogP contribution in [0, 0.1) is 5.82 Å². The van der Waals surface area contributed by atoms with Crippen LogP contribution in [0.4, 0.5) is 4.39 Å². The largest absolute Gasteiger partial charge is 0.505 e. The van der Waals surface area contributed by atoms with E-state index in [1.54, 1.807) is 12.1 Å². The van der Waals surface area contributed by atoms with Gasteiger partial charge < -0.3 is 5.11 Å². The number of hydrogen-bond acceptors (Lipinski definition) is 2. The van der Waals surface area contributed by atoms with Crippen molar-refractivity contribution < 1.29 is 9.50 Å². The lowest BCUT2D eigenvalue weighted by molar-refractivity contribution is 0.233. The number of benzene rings is 1. The molecule has 88 valence electrons. The second kappa shape index (κ2) is 4.83. The Balaban J connectivity index is 2.05. The van der Waals surface area contributed by atoms with Crippen molar-refractivity contribution in [1.82, 2.24) is 4.90 Å². The molecule has 1 saturated carbocycles. The first kappa shape index (κ1) is 11.4. The number of nitrogens with zero attached hydrogens (tertiary/aromatic N) is 1. The van der Waals surface area contributed by atoms with Gasteiger partial charge in [0.15, 0.2) is 11.6 Å². The molecule has 0 saturated heterocycles. The molecule has 0 atom stereocenters. The highest BCUT2D eigenvalue weighted by Gasteiger charge is 2.20. The molecule has 0 heterocycles. The Morgan fingerprint density at radius 1 is 1.38 bits per heavy atom. The average molecular weight is 223 g/mol. The zero-order valence-corrected chi connectivity index (χ0v) is 9.62. The van der Waals surface area contributed by atoms with E-state index in [0.717, 1.165) is 0 Å². The van der Waals surface area contributed by atoms with Crippen molar-refractivity contribution in [3.63, 3.8) is 0 Å². The smallest absolute Gasteiger partial charge is 0.165 e. The van der Waals surface area contributed by atoms with Gasteiger partial charge in [0.05, 0.1) is 0 Å². The maximum atomic E-state index is 13.1. The molecular weight excluding hydrogens is 205 g/mol. The summed E-state index contributed by atoms with van der Waals surface area (Å²) in [4.78, 5) is 2.21. The van der Waals surface area contributed by atoms with Gasteiger partial charge in [0, 0.05) is 18.2 Å². The summed E-state index contributed by atoms with van der Waals surface area (Å²) in [6.45, 7) is 0.619. The van der Waals surface area contributed by atoms with E-state index in [-0.39, 0.29) is 5.75 Å². The van der Waals surface area contributed by atoms with Gasteiger partial charge in [0.1, 0.15) is 0 Å². The lowest BCUT2D eigenvalue weighted by Crippen LogP contribution is -2.28. The van der Waals surface area contributed by atoms with Gasteiger partial charge in [-0.2, -0.15) is 0 Å². The lowest BCUT2D eigenvalue weighted by atomic mass is 10.1. The van der Waals surface area contributed by atoms with Crippen LogP contribution in [0.2, 0.25) is 0 Å². The highest BCUT2D eigenvalue weighted by atomic mass is 19.1. The van der Waals surface area contributed by atoms with Crippen LogP contribution < -0.4 is 0 Å². The zero-order chi connectivity index (χ0) is 11.5. The van der Waals surface area contributed by atoms with Crippen LogP contribution in [0.5, 0.6) is 5.75 Å². The Hall–Kier alpha value is -1.09. The summed E-state index contributed by atoms with van der Waals surface area (Å²) in [5.41, 5.74) is 0.675. The molecule has 0 aliphatic heterocycles. The first-order chi connectivity index (χ1) is 7.68. The maximum absolute atomic E-state index is 13.1. The Labute approximate surface area is 95.7 Å². The lowest BCUT2D eigenvalue weighted by Gasteiger charge is -2.24. The molecule has 0 unspecified atom stereocenters. The molecule has 1 aromatic rings. The van der Waals surface area contributed by atoms with Gasteiger partial charge >= 0.3 is 0 Å². The minimum absolute atomic E-state index is 0.202. The van der Waals surface area contributed by atoms with Crippen LogP contribution in [0.3, 0.4) is 0 Å². The van der Waals surface area contributed by atoms with Gasteiger partial charge in [-0.05, 0) is 26.0 Å². The van der Waals surface area contributed by atoms with Crippen LogP contribution >= 0.6 is 0 Å². The quantitative estimate of drug-likeness (QED) is 0.851. The van der Waals surface area contributed by atoms with Crippen molar-refractivity contribution in [1.29, 1.82) is 0 Å². The Morgan fingerprint density at radius 2 is 2.06 bits per heavy atom. The third-order valence-corrected chi connectivity index (χ3v) is 3.44. The van der Waals surface area contributed by atoms with E-state index in [1.807, 2.05) is 7.05 Å². The van der Waals surface area contributed by atoms with Crippen LogP contribution in [-0.4, -0.2) is 23.1 Å². The van der Waals surface area contributed by atoms with Crippen molar-refractivity contribution >= 4 is 0 Å². The summed E-state index contributed by atoms with van der Waals surface area (Å²) in [7, 11) is 2.04. The third-order valence-electron chi connectivity index (χ3n) is 3.44. The van der Waals surface area contributed by atoms with E-state index in [9.17, 15) is 9.50 Å². The van der Waals surface area contributed by atoms with Gasteiger partial charge in [0.2, 0.25) is 0 Å². The molecule has 1 N–H and O–H groups in total. The van der Waals surface area contributed by atoms with Gasteiger partial charge in [0.25, 0.3) is 0 Å². The number of phenols is 1. The molecule has 16 heavy (non-hydrogen) atoms. The summed E-state index contributed by atoms with van der Waals surface area (Å²) >= 11 is 0. The summed E-state index contributed by atoms with van der Waals surface area (Å²) in [5.74, 6) is -0.732. The number of hydrogen-bond donors (Lipinski definition) is 1. The minimum atomic E-state index is -0.530. The maximum Gasteiger partial charge on any atom is 0.165 e. The first-order valence-electron chi connectivity index (χ1n) is 5.85. The molecule has 1 fully saturated rings. The summed E-state index contributed by atoms with van der Waals surface area (Å²) in [6.07, 6.45) is 4.99. The molecule has 2 rings (SSSR count). The predicted octanol–water partition coefficient (Wildman–Crippen LogP) is 2.91. The molecule has 3 heteroatoms. The predicted molar refractivity (Wildman–Crippen MR) is 61.8 cm³/mol. The number of halogens is 1. The molecular formula is C13H18FNO. The normalized spacial score (nSPS) is 17.2. The molecule has 1 aliphatic rings. The summed E-state index contributed by atoms with van der Waals surface area (Å²) in [5, 5.41) is 9.59. The molecule has 0 aromatic heterocycles. The van der Waals surface area contributed by atoms with E-state index in [1.165, 1.54) is 31.7 Å². The van der Waals surface area contributed by atoms with Crippen LogP contribution in [-0.2, 0) is 6.54 Å². The van der Waals surface area contributed by atoms with Crippen LogP contribution in [0.15, 0.2) is 18.2 Å². The van der Waals surface area contributed by atoms with Gasteiger partial charge in [-0.15, -0.1) is 0 Å². The van der Waals surface area contributed by atoms with Crippen molar-refractivity contribution in [2.75, 3.05) is 7.05 Å². The fourth-order valence-corrected chi connectivity index (χ4v) is 2.43. The standard InChI is InChI=1S/C13H18FNO/c1-15(11-6-2-3-7-11)9-10-5-4-8-12(14)13(10)16/h4-5,8,11,16H,2-3,6-7,9H2,1H3. The third kappa shape index (κ3) is 2.35. The summed E-state index contributed by atoms with van der Waals surface area (Å²) < 4.78 is 13.1. The highest BCUT2D eigenvalue weighted by Crippen LogP contribution is 2.26. The van der Waals surface area contributed by atoms with Crippen molar-refractivity contribution in [2.24, 2.45) is 0 Å². The molecule has 0 spiro atoms. The molecule has 1 aliphatic carbocycles. The van der Waals surface area contributed by atoms with E-state index < -0.39 is 5.82 Å². The van der Waals surface area contributed by atoms with E-state index in [2.05, 4.69) is 4.90 Å². The highest BCUT2D eigenvalue weighted by molar-refractivity contribution is 5.33. The number of rotatable bonds is 3. The second-order valence-electron chi connectivity index (χ2n) is 4.60. The number of aromatic hydroxyl groups is 1. The van der Waals surface area contributed by atoms with E-state index in [4.69, 9.17) is 0 Å². The monoisotopic (exact) mass is 223 g/mol. The Morgan fingerprint density at radius 3 is 2.75 bits per heavy atom. The van der Waals surface area contributed by atoms with Crippen LogP contribution in [0.1, 0.15) is 31.2 Å². The second-order valence-corrected chi connectivity index (χ2v) is 4.60. The molecule has 0 radical (unpaired) electrons. The van der Waals surface area contributed by atoms with Crippen LogP contribution in [0.25, 0.3) is 0 Å². The molecule has 2 nitrogen and oxygen atoms in total. The van der Waals surface area contributed by atoms with E-state index >= 15 is 0 Å². The van der Waals surface area contributed by atoms with Crippen molar-refractivity contribution in [3.05, 3.63) is 29.6 Å². The molecule has 1 aromatic carbocycles. The van der Waals surface area contributed by atoms with Crippen molar-refractivity contribution in [2.45, 2.75) is 38.3 Å². The minimum Gasteiger partial charge on any atom is -0.505 e. The van der Waals surface area contributed by atoms with E-state index in [0.29, 0.717) is 18.2 Å². The molecule has 0 amide bonds. The average Bonchev–Trinajstić information content (AvgIpc) is 2.78. The SMILES string of the molecule is CN(Cc1cccc(F)c1O)C1CCCC1. The topological polar surface area (TPSA) is 23.5 Å². The first-order valence-corrected chi connectivity index (χ1v) is 5.85. The Kier molecular flexibility index (Phi) is 3.44. The fraction of sp³-hybridized carbons (Fsp3) is 0.538. The molecule has 0 bridgehead atoms. The number of para-hydroxylation sites is 1.